The smallest absolute Gasteiger partial charge is 0.250 e. The van der Waals surface area contributed by atoms with Crippen LogP contribution in [0.15, 0.2) is 84.0 Å². The van der Waals surface area contributed by atoms with Crippen LogP contribution in [0, 0.1) is 0 Å². The Balaban J connectivity index is 1.56. The highest BCUT2D eigenvalue weighted by Gasteiger charge is 2.08. The standard InChI is InChI=1S/C26H27N7O2/c1-3-34-22-16-15-19(23(17-22)35-4-2)18-27-33-26-31-24(28-20-11-7-5-8-12-20)30-25(32-26)29-21-13-9-6-10-14-21/h5-18H,3-4H2,1-2H3,(H3,28,29,30,31,32,33). The van der Waals surface area contributed by atoms with Crippen LogP contribution in [0.5, 0.6) is 11.5 Å². The highest BCUT2D eigenvalue weighted by molar-refractivity contribution is 5.84. The van der Waals surface area contributed by atoms with Gasteiger partial charge in [0.15, 0.2) is 0 Å². The van der Waals surface area contributed by atoms with Gasteiger partial charge in [0.25, 0.3) is 0 Å². The summed E-state index contributed by atoms with van der Waals surface area (Å²) in [4.78, 5) is 13.4. The van der Waals surface area contributed by atoms with E-state index in [4.69, 9.17) is 9.47 Å². The van der Waals surface area contributed by atoms with E-state index in [-0.39, 0.29) is 5.95 Å². The third kappa shape index (κ3) is 6.91. The van der Waals surface area contributed by atoms with Gasteiger partial charge >= 0.3 is 0 Å². The summed E-state index contributed by atoms with van der Waals surface area (Å²) >= 11 is 0. The number of hydrazone groups is 1. The lowest BCUT2D eigenvalue weighted by Crippen LogP contribution is -2.07. The van der Waals surface area contributed by atoms with Crippen molar-refractivity contribution in [2.75, 3.05) is 29.3 Å². The number of rotatable bonds is 11. The fraction of sp³-hybridized carbons (Fsp3) is 0.154. The van der Waals surface area contributed by atoms with Gasteiger partial charge < -0.3 is 20.1 Å². The molecule has 0 fully saturated rings. The van der Waals surface area contributed by atoms with Crippen LogP contribution in [0.1, 0.15) is 19.4 Å². The van der Waals surface area contributed by atoms with Crippen LogP contribution in [0.4, 0.5) is 29.2 Å². The van der Waals surface area contributed by atoms with Gasteiger partial charge in [-0.25, -0.2) is 5.43 Å². The molecule has 3 N–H and O–H groups in total. The summed E-state index contributed by atoms with van der Waals surface area (Å²) in [6.07, 6.45) is 1.65. The summed E-state index contributed by atoms with van der Waals surface area (Å²) in [6, 6.07) is 25.0. The molecule has 0 saturated carbocycles. The van der Waals surface area contributed by atoms with Gasteiger partial charge in [0, 0.05) is 23.0 Å². The molecule has 0 radical (unpaired) electrons. The van der Waals surface area contributed by atoms with Gasteiger partial charge in [0.05, 0.1) is 19.4 Å². The fourth-order valence-electron chi connectivity index (χ4n) is 3.16. The molecule has 178 valence electrons. The van der Waals surface area contributed by atoms with E-state index in [0.717, 1.165) is 22.7 Å². The minimum atomic E-state index is 0.275. The summed E-state index contributed by atoms with van der Waals surface area (Å²) in [5.74, 6) is 2.44. The monoisotopic (exact) mass is 469 g/mol. The van der Waals surface area contributed by atoms with Crippen LogP contribution in [-0.2, 0) is 0 Å². The van der Waals surface area contributed by atoms with E-state index in [1.165, 1.54) is 0 Å². The molecule has 0 saturated heterocycles. The lowest BCUT2D eigenvalue weighted by molar-refractivity contribution is 0.323. The number of anilines is 5. The van der Waals surface area contributed by atoms with Crippen LogP contribution < -0.4 is 25.5 Å². The average molecular weight is 470 g/mol. The Hall–Kier alpha value is -4.66. The molecular weight excluding hydrogens is 442 g/mol. The molecule has 1 heterocycles. The summed E-state index contributed by atoms with van der Waals surface area (Å²) in [7, 11) is 0. The highest BCUT2D eigenvalue weighted by atomic mass is 16.5. The Bertz CT molecular complexity index is 1190. The second kappa shape index (κ2) is 12.0. The molecule has 0 atom stereocenters. The predicted molar refractivity (Wildman–Crippen MR) is 139 cm³/mol. The van der Waals surface area contributed by atoms with Crippen molar-refractivity contribution >= 4 is 35.4 Å². The summed E-state index contributed by atoms with van der Waals surface area (Å²) in [6.45, 7) is 4.98. The van der Waals surface area contributed by atoms with Crippen molar-refractivity contribution in [2.45, 2.75) is 13.8 Å². The lowest BCUT2D eigenvalue weighted by atomic mass is 10.2. The number of aromatic nitrogens is 3. The molecule has 9 nitrogen and oxygen atoms in total. The number of hydrogen-bond donors (Lipinski definition) is 3. The minimum Gasteiger partial charge on any atom is -0.494 e. The number of nitrogens with zero attached hydrogens (tertiary/aromatic N) is 4. The van der Waals surface area contributed by atoms with Crippen molar-refractivity contribution in [3.8, 4) is 11.5 Å². The molecule has 1 aromatic heterocycles. The van der Waals surface area contributed by atoms with Crippen molar-refractivity contribution in [3.63, 3.8) is 0 Å². The molecule has 9 heteroatoms. The van der Waals surface area contributed by atoms with Crippen molar-refractivity contribution < 1.29 is 9.47 Å². The second-order valence-electron chi connectivity index (χ2n) is 7.22. The first-order valence-corrected chi connectivity index (χ1v) is 11.3. The Morgan fingerprint density at radius 3 is 1.86 bits per heavy atom. The van der Waals surface area contributed by atoms with E-state index in [9.17, 15) is 0 Å². The third-order valence-corrected chi connectivity index (χ3v) is 4.66. The van der Waals surface area contributed by atoms with E-state index in [2.05, 4.69) is 36.1 Å². The Morgan fingerprint density at radius 2 is 1.29 bits per heavy atom. The predicted octanol–water partition coefficient (Wildman–Crippen LogP) is 5.60. The van der Waals surface area contributed by atoms with Crippen molar-refractivity contribution in [1.82, 2.24) is 15.0 Å². The minimum absolute atomic E-state index is 0.275. The maximum atomic E-state index is 5.74. The molecular formula is C26H27N7O2. The topological polar surface area (TPSA) is 106 Å². The van der Waals surface area contributed by atoms with E-state index in [0.29, 0.717) is 30.9 Å². The second-order valence-corrected chi connectivity index (χ2v) is 7.22. The van der Waals surface area contributed by atoms with Crippen LogP contribution >= 0.6 is 0 Å². The molecule has 0 amide bonds. The Kier molecular flexibility index (Phi) is 8.05. The Labute approximate surface area is 204 Å². The molecule has 0 bridgehead atoms. The first-order chi connectivity index (χ1) is 17.2. The van der Waals surface area contributed by atoms with Crippen LogP contribution in [0.25, 0.3) is 0 Å². The van der Waals surface area contributed by atoms with Crippen molar-refractivity contribution in [3.05, 3.63) is 84.4 Å². The van der Waals surface area contributed by atoms with Crippen LogP contribution in [-0.4, -0.2) is 34.4 Å². The van der Waals surface area contributed by atoms with Gasteiger partial charge in [0.1, 0.15) is 11.5 Å². The number of benzene rings is 3. The molecule has 0 aliphatic carbocycles. The summed E-state index contributed by atoms with van der Waals surface area (Å²) in [5, 5.41) is 10.7. The van der Waals surface area contributed by atoms with E-state index < -0.39 is 0 Å². The van der Waals surface area contributed by atoms with Crippen LogP contribution in [0.2, 0.25) is 0 Å². The van der Waals surface area contributed by atoms with Gasteiger partial charge in [-0.1, -0.05) is 36.4 Å². The summed E-state index contributed by atoms with van der Waals surface area (Å²) < 4.78 is 11.3. The molecule has 0 spiro atoms. The van der Waals surface area contributed by atoms with E-state index >= 15 is 0 Å². The quantitative estimate of drug-likeness (QED) is 0.192. The van der Waals surface area contributed by atoms with Crippen molar-refractivity contribution in [1.29, 1.82) is 0 Å². The van der Waals surface area contributed by atoms with Gasteiger partial charge in [-0.2, -0.15) is 20.1 Å². The van der Waals surface area contributed by atoms with Gasteiger partial charge in [0.2, 0.25) is 17.8 Å². The van der Waals surface area contributed by atoms with Crippen LogP contribution in [0.3, 0.4) is 0 Å². The molecule has 0 aliphatic rings. The number of hydrogen-bond acceptors (Lipinski definition) is 9. The van der Waals surface area contributed by atoms with Gasteiger partial charge in [-0.05, 0) is 50.2 Å². The maximum absolute atomic E-state index is 5.74. The third-order valence-electron chi connectivity index (χ3n) is 4.66. The zero-order valence-electron chi connectivity index (χ0n) is 19.6. The molecule has 4 rings (SSSR count). The van der Waals surface area contributed by atoms with Gasteiger partial charge in [-0.3, -0.25) is 0 Å². The zero-order valence-corrected chi connectivity index (χ0v) is 19.6. The highest BCUT2D eigenvalue weighted by Crippen LogP contribution is 2.24. The number of nitrogens with one attached hydrogen (secondary N) is 3. The molecule has 0 aliphatic heterocycles. The SMILES string of the molecule is CCOc1ccc(C=NNc2nc(Nc3ccccc3)nc(Nc3ccccc3)n2)c(OCC)c1. The largest absolute Gasteiger partial charge is 0.494 e. The first kappa shape index (κ1) is 23.5. The maximum Gasteiger partial charge on any atom is 0.250 e. The molecule has 35 heavy (non-hydrogen) atoms. The van der Waals surface area contributed by atoms with Crippen molar-refractivity contribution in [2.24, 2.45) is 5.10 Å². The molecule has 0 unspecified atom stereocenters. The zero-order chi connectivity index (χ0) is 24.3. The Morgan fingerprint density at radius 1 is 0.714 bits per heavy atom. The first-order valence-electron chi connectivity index (χ1n) is 11.3. The van der Waals surface area contributed by atoms with E-state index in [1.54, 1.807) is 6.21 Å². The summed E-state index contributed by atoms with van der Waals surface area (Å²) in [5.41, 5.74) is 5.40. The normalized spacial score (nSPS) is 10.7. The number of ether oxygens (including phenoxy) is 2. The molecule has 3 aromatic carbocycles. The van der Waals surface area contributed by atoms with E-state index in [1.807, 2.05) is 92.7 Å². The average Bonchev–Trinajstić information content (AvgIpc) is 2.87. The van der Waals surface area contributed by atoms with Gasteiger partial charge in [-0.15, -0.1) is 0 Å². The number of para-hydroxylation sites is 2. The fourth-order valence-corrected chi connectivity index (χ4v) is 3.16. The molecule has 4 aromatic rings. The lowest BCUT2D eigenvalue weighted by Gasteiger charge is -2.11.